The molecule has 0 saturated carbocycles. The largest absolute Gasteiger partial charge is 0.462 e. The van der Waals surface area contributed by atoms with E-state index >= 15 is 0 Å². The van der Waals surface area contributed by atoms with E-state index in [1.54, 1.807) is 44.2 Å². The lowest BCUT2D eigenvalue weighted by Gasteiger charge is -2.24. The van der Waals surface area contributed by atoms with Crippen molar-refractivity contribution in [2.75, 3.05) is 18.5 Å². The van der Waals surface area contributed by atoms with Gasteiger partial charge in [0.05, 0.1) is 12.7 Å². The first-order valence-electron chi connectivity index (χ1n) is 18.2. The third-order valence-corrected chi connectivity index (χ3v) is 9.70. The number of nitrogens with one attached hydrogen (secondary N) is 2. The molecular formula is C36H57N4O9P. The van der Waals surface area contributed by atoms with E-state index in [0.717, 1.165) is 19.3 Å². The Kier molecular flexibility index (Phi) is 18.7. The molecular weight excluding hydrogens is 663 g/mol. The van der Waals surface area contributed by atoms with Crippen LogP contribution in [0.25, 0.3) is 0 Å². The quantitative estimate of drug-likeness (QED) is 0.0590. The number of rotatable bonds is 25. The zero-order chi connectivity index (χ0) is 36.2. The number of nitrogens with zero attached hydrogens (tertiary/aromatic N) is 2. The number of ether oxygens (including phenoxy) is 3. The minimum atomic E-state index is -4.12. The lowest BCUT2D eigenvalue weighted by atomic mass is 10.0. The maximum absolute atomic E-state index is 13.7. The van der Waals surface area contributed by atoms with Crippen molar-refractivity contribution in [3.05, 3.63) is 53.1 Å². The maximum Gasteiger partial charge on any atom is 0.459 e. The standard InChI is InChI=1S/C36H57N4O9P/c1-5-6-7-8-9-10-11-12-13-14-15-16-20-23-32(41)37-31-24-25-40(36(43)38-31)33-26-45-34(48-33)27-46-50(44,49-30-21-18-17-19-22-30)39-29(4)35(42)47-28(2)3/h17-19,21-22,24-25,28-29,33-34H,5-16,20,23,26-27H2,1-4H3,(H,39,44)(H,37,38,41,43)/t29?,33-,34-,50?/m0/s1. The van der Waals surface area contributed by atoms with Crippen molar-refractivity contribution in [1.82, 2.24) is 14.6 Å². The van der Waals surface area contributed by atoms with E-state index < -0.39 is 38.0 Å². The monoisotopic (exact) mass is 720 g/mol. The van der Waals surface area contributed by atoms with Crippen LogP contribution in [0.1, 0.15) is 124 Å². The molecule has 1 aromatic carbocycles. The zero-order valence-electron chi connectivity index (χ0n) is 30.2. The summed E-state index contributed by atoms with van der Waals surface area (Å²) in [5.74, 6) is -0.383. The summed E-state index contributed by atoms with van der Waals surface area (Å²) in [6, 6.07) is 8.88. The number of para-hydroxylation sites is 1. The Morgan fingerprint density at radius 2 is 1.56 bits per heavy atom. The van der Waals surface area contributed by atoms with Gasteiger partial charge in [0.15, 0.2) is 12.5 Å². The molecule has 0 bridgehead atoms. The molecule has 13 nitrogen and oxygen atoms in total. The molecule has 2 heterocycles. The molecule has 1 saturated heterocycles. The summed E-state index contributed by atoms with van der Waals surface area (Å²) < 4.78 is 42.8. The van der Waals surface area contributed by atoms with Gasteiger partial charge in [0.1, 0.15) is 24.2 Å². The second-order valence-corrected chi connectivity index (χ2v) is 14.6. The molecule has 14 heteroatoms. The summed E-state index contributed by atoms with van der Waals surface area (Å²) in [4.78, 5) is 41.6. The molecule has 2 unspecified atom stereocenters. The van der Waals surface area contributed by atoms with Crippen LogP contribution in [0.5, 0.6) is 5.75 Å². The molecule has 0 aliphatic carbocycles. The van der Waals surface area contributed by atoms with Crippen LogP contribution in [0, 0.1) is 0 Å². The number of amides is 1. The molecule has 280 valence electrons. The summed E-state index contributed by atoms with van der Waals surface area (Å²) in [6.07, 6.45) is 15.7. The molecule has 3 rings (SSSR count). The predicted molar refractivity (Wildman–Crippen MR) is 192 cm³/mol. The van der Waals surface area contributed by atoms with E-state index in [-0.39, 0.29) is 36.8 Å². The van der Waals surface area contributed by atoms with Gasteiger partial charge in [-0.3, -0.25) is 18.7 Å². The summed E-state index contributed by atoms with van der Waals surface area (Å²) in [6.45, 7) is 6.80. The number of anilines is 1. The lowest BCUT2D eigenvalue weighted by molar-refractivity contribution is -0.149. The number of hydrogen-bond acceptors (Lipinski definition) is 10. The first-order chi connectivity index (χ1) is 24.1. The van der Waals surface area contributed by atoms with Crippen LogP contribution in [-0.2, 0) is 32.9 Å². The number of carbonyl (C=O) groups excluding carboxylic acids is 2. The molecule has 1 fully saturated rings. The fourth-order valence-electron chi connectivity index (χ4n) is 5.38. The Morgan fingerprint density at radius 3 is 2.16 bits per heavy atom. The molecule has 0 spiro atoms. The zero-order valence-corrected chi connectivity index (χ0v) is 31.1. The van der Waals surface area contributed by atoms with E-state index in [4.69, 9.17) is 23.3 Å². The second-order valence-electron chi connectivity index (χ2n) is 12.9. The molecule has 50 heavy (non-hydrogen) atoms. The third kappa shape index (κ3) is 15.9. The topological polar surface area (TPSA) is 156 Å². The average molecular weight is 721 g/mol. The Hall–Kier alpha value is -3.09. The Labute approximate surface area is 296 Å². The van der Waals surface area contributed by atoms with E-state index in [1.165, 1.54) is 88.0 Å². The number of carbonyl (C=O) groups is 2. The minimum absolute atomic E-state index is 0.00520. The van der Waals surface area contributed by atoms with E-state index in [1.807, 2.05) is 0 Å². The van der Waals surface area contributed by atoms with Crippen LogP contribution in [0.4, 0.5) is 5.82 Å². The smallest absolute Gasteiger partial charge is 0.459 e. The van der Waals surface area contributed by atoms with Crippen LogP contribution in [0.3, 0.4) is 0 Å². The first-order valence-corrected chi connectivity index (χ1v) is 19.8. The highest BCUT2D eigenvalue weighted by atomic mass is 31.2. The SMILES string of the molecule is CCCCCCCCCCCCCCCC(=O)Nc1ccn([C@@H]2CO[C@H](COP(=O)(NC(C)C(=O)OC(C)C)Oc3ccccc3)O2)c(=O)n1. The Morgan fingerprint density at radius 1 is 0.940 bits per heavy atom. The maximum atomic E-state index is 13.7. The second kappa shape index (κ2) is 22.7. The number of esters is 1. The Bertz CT molecular complexity index is 1390. The number of benzene rings is 1. The highest BCUT2D eigenvalue weighted by Crippen LogP contribution is 2.45. The fourth-order valence-corrected chi connectivity index (χ4v) is 6.86. The fraction of sp³-hybridized carbons (Fsp3) is 0.667. The van der Waals surface area contributed by atoms with Crippen LogP contribution >= 0.6 is 7.75 Å². The van der Waals surface area contributed by atoms with Crippen LogP contribution in [-0.4, -0.2) is 53.1 Å². The third-order valence-electron chi connectivity index (χ3n) is 8.06. The van der Waals surface area contributed by atoms with Crippen LogP contribution in [0.15, 0.2) is 47.4 Å². The highest BCUT2D eigenvalue weighted by molar-refractivity contribution is 7.52. The van der Waals surface area contributed by atoms with E-state index in [0.29, 0.717) is 6.42 Å². The molecule has 0 radical (unpaired) electrons. The normalized spacial score (nSPS) is 17.7. The van der Waals surface area contributed by atoms with Crippen molar-refractivity contribution < 1.29 is 37.4 Å². The number of hydrogen-bond donors (Lipinski definition) is 2. The predicted octanol–water partition coefficient (Wildman–Crippen LogP) is 7.67. The van der Waals surface area contributed by atoms with Crippen molar-refractivity contribution in [2.45, 2.75) is 142 Å². The molecule has 1 aromatic heterocycles. The molecule has 2 N–H and O–H groups in total. The van der Waals surface area contributed by atoms with Gasteiger partial charge in [-0.1, -0.05) is 102 Å². The van der Waals surface area contributed by atoms with E-state index in [2.05, 4.69) is 22.3 Å². The van der Waals surface area contributed by atoms with Gasteiger partial charge in [0, 0.05) is 12.6 Å². The van der Waals surface area contributed by atoms with Crippen LogP contribution in [0.2, 0.25) is 0 Å². The van der Waals surface area contributed by atoms with Crippen molar-refractivity contribution in [2.24, 2.45) is 0 Å². The molecule has 1 aliphatic heterocycles. The molecule has 1 aliphatic rings. The van der Waals surface area contributed by atoms with Crippen molar-refractivity contribution in [1.29, 1.82) is 0 Å². The van der Waals surface area contributed by atoms with Gasteiger partial charge in [-0.25, -0.2) is 9.36 Å². The van der Waals surface area contributed by atoms with Gasteiger partial charge in [-0.15, -0.1) is 0 Å². The summed E-state index contributed by atoms with van der Waals surface area (Å²) in [5.41, 5.74) is -0.629. The van der Waals surface area contributed by atoms with Gasteiger partial charge in [0.25, 0.3) is 0 Å². The van der Waals surface area contributed by atoms with E-state index in [9.17, 15) is 18.9 Å². The van der Waals surface area contributed by atoms with Gasteiger partial charge < -0.3 is 24.1 Å². The summed E-state index contributed by atoms with van der Waals surface area (Å²) in [5, 5.41) is 5.31. The molecule has 4 atom stereocenters. The van der Waals surface area contributed by atoms with Gasteiger partial charge in [-0.2, -0.15) is 10.1 Å². The Balaban J connectivity index is 1.39. The number of aromatic nitrogens is 2. The number of unbranched alkanes of at least 4 members (excludes halogenated alkanes) is 12. The van der Waals surface area contributed by atoms with Gasteiger partial charge in [0.2, 0.25) is 5.91 Å². The van der Waals surface area contributed by atoms with Crippen molar-refractivity contribution in [3.63, 3.8) is 0 Å². The molecule has 2 aromatic rings. The minimum Gasteiger partial charge on any atom is -0.462 e. The summed E-state index contributed by atoms with van der Waals surface area (Å²) in [7, 11) is -4.12. The van der Waals surface area contributed by atoms with Crippen LogP contribution < -0.4 is 20.6 Å². The first kappa shape index (κ1) is 41.3. The average Bonchev–Trinajstić information content (AvgIpc) is 3.55. The van der Waals surface area contributed by atoms with Gasteiger partial charge in [-0.05, 0) is 45.4 Å². The lowest BCUT2D eigenvalue weighted by Crippen LogP contribution is -2.36. The van der Waals surface area contributed by atoms with Crippen molar-refractivity contribution >= 4 is 25.4 Å². The summed E-state index contributed by atoms with van der Waals surface area (Å²) >= 11 is 0. The molecule has 1 amide bonds. The van der Waals surface area contributed by atoms with Crippen molar-refractivity contribution in [3.8, 4) is 5.75 Å². The van der Waals surface area contributed by atoms with Gasteiger partial charge >= 0.3 is 19.4 Å². The highest BCUT2D eigenvalue weighted by Gasteiger charge is 2.36.